The lowest BCUT2D eigenvalue weighted by Gasteiger charge is -2.01. The van der Waals surface area contributed by atoms with E-state index < -0.39 is 0 Å². The summed E-state index contributed by atoms with van der Waals surface area (Å²) in [5.74, 6) is 0. The van der Waals surface area contributed by atoms with E-state index in [2.05, 4.69) is 16.7 Å². The van der Waals surface area contributed by atoms with Gasteiger partial charge in [0.25, 0.3) is 0 Å². The van der Waals surface area contributed by atoms with Crippen LogP contribution in [0.4, 0.5) is 0 Å². The first-order valence-corrected chi connectivity index (χ1v) is 3.79. The maximum Gasteiger partial charge on any atom is 0.0412 e. The lowest BCUT2D eigenvalue weighted by atomic mass is 10.1. The Balaban J connectivity index is 4.59. The molecule has 0 unspecified atom stereocenters. The van der Waals surface area contributed by atoms with E-state index in [0.29, 0.717) is 0 Å². The molecule has 0 aromatic rings. The molecule has 2 heteroatoms. The normalized spacial score (nSPS) is 14.4. The molecule has 0 aromatic heterocycles. The van der Waals surface area contributed by atoms with Crippen LogP contribution in [0.25, 0.3) is 0 Å². The highest BCUT2D eigenvalue weighted by Gasteiger charge is 1.96. The molecule has 62 valence electrons. The minimum Gasteiger partial charge on any atom is -0.290 e. The number of hydrogen-bond donors (Lipinski definition) is 0. The Morgan fingerprint density at radius 3 is 2.18 bits per heavy atom. The van der Waals surface area contributed by atoms with Gasteiger partial charge in [0.1, 0.15) is 0 Å². The van der Waals surface area contributed by atoms with Gasteiger partial charge in [-0.25, -0.2) is 0 Å². The monoisotopic (exact) mass is 152 g/mol. The van der Waals surface area contributed by atoms with E-state index in [9.17, 15) is 0 Å². The fraction of sp³-hybridized carbons (Fsp3) is 0.556. The molecule has 0 saturated heterocycles. The van der Waals surface area contributed by atoms with Gasteiger partial charge in [0.15, 0.2) is 0 Å². The molecular formula is C9H16N2. The minimum atomic E-state index is 0.827. The second-order valence-electron chi connectivity index (χ2n) is 2.43. The van der Waals surface area contributed by atoms with Gasteiger partial charge in [0.2, 0.25) is 0 Å². The third kappa shape index (κ3) is 3.12. The average molecular weight is 152 g/mol. The molecule has 0 aliphatic rings. The lowest BCUT2D eigenvalue weighted by molar-refractivity contribution is 1.12. The van der Waals surface area contributed by atoms with Crippen molar-refractivity contribution in [2.45, 2.75) is 27.7 Å². The van der Waals surface area contributed by atoms with Crippen molar-refractivity contribution in [3.05, 3.63) is 11.3 Å². The van der Waals surface area contributed by atoms with Crippen molar-refractivity contribution in [3.63, 3.8) is 0 Å². The highest BCUT2D eigenvalue weighted by atomic mass is 14.7. The molecule has 0 aliphatic carbocycles. The summed E-state index contributed by atoms with van der Waals surface area (Å²) in [5.41, 5.74) is 3.14. The zero-order chi connectivity index (χ0) is 8.85. The number of allylic oxidation sites excluding steroid dienone is 2. The van der Waals surface area contributed by atoms with Crippen LogP contribution < -0.4 is 0 Å². The van der Waals surface area contributed by atoms with Gasteiger partial charge in [-0.05, 0) is 40.0 Å². The first kappa shape index (κ1) is 10.1. The fourth-order valence-electron chi connectivity index (χ4n) is 0.736. The smallest absolute Gasteiger partial charge is 0.0412 e. The van der Waals surface area contributed by atoms with Crippen LogP contribution >= 0.6 is 0 Å². The molecule has 0 spiro atoms. The predicted octanol–water partition coefficient (Wildman–Crippen LogP) is 2.46. The number of aliphatic imine (C=N–C) groups is 2. The van der Waals surface area contributed by atoms with Crippen molar-refractivity contribution in [1.29, 1.82) is 0 Å². The molecule has 0 N–H and O–H groups in total. The molecule has 11 heavy (non-hydrogen) atoms. The first-order valence-electron chi connectivity index (χ1n) is 3.79. The first-order chi connectivity index (χ1) is 5.13. The van der Waals surface area contributed by atoms with Crippen LogP contribution in [0, 0.1) is 0 Å². The van der Waals surface area contributed by atoms with Gasteiger partial charge >= 0.3 is 0 Å². The van der Waals surface area contributed by atoms with Gasteiger partial charge in [-0.3, -0.25) is 9.98 Å². The molecule has 0 rings (SSSR count). The average Bonchev–Trinajstić information content (AvgIpc) is 2.02. The molecule has 0 bridgehead atoms. The van der Waals surface area contributed by atoms with Crippen molar-refractivity contribution < 1.29 is 0 Å². The third-order valence-corrected chi connectivity index (χ3v) is 1.72. The zero-order valence-corrected chi connectivity index (χ0v) is 7.81. The predicted molar refractivity (Wildman–Crippen MR) is 51.6 cm³/mol. The van der Waals surface area contributed by atoms with E-state index in [-0.39, 0.29) is 0 Å². The van der Waals surface area contributed by atoms with Crippen molar-refractivity contribution in [2.24, 2.45) is 9.98 Å². The van der Waals surface area contributed by atoms with Crippen LogP contribution in [0.15, 0.2) is 21.3 Å². The summed E-state index contributed by atoms with van der Waals surface area (Å²) in [5, 5.41) is 0. The molecule has 0 heterocycles. The quantitative estimate of drug-likeness (QED) is 0.555. The van der Waals surface area contributed by atoms with Gasteiger partial charge in [-0.1, -0.05) is 0 Å². The maximum absolute atomic E-state index is 4.26. The van der Waals surface area contributed by atoms with Crippen molar-refractivity contribution in [3.8, 4) is 0 Å². The number of rotatable bonds is 3. The third-order valence-electron chi connectivity index (χ3n) is 1.72. The summed E-state index contributed by atoms with van der Waals surface area (Å²) in [6, 6.07) is 0. The minimum absolute atomic E-state index is 0.827. The SMILES string of the molecule is C=N/C(C)=C(/C)C(C)=NCC. The van der Waals surface area contributed by atoms with Crippen molar-refractivity contribution in [2.75, 3.05) is 6.54 Å². The van der Waals surface area contributed by atoms with Crippen LogP contribution in [0.2, 0.25) is 0 Å². The lowest BCUT2D eigenvalue weighted by Crippen LogP contribution is -1.96. The summed E-state index contributed by atoms with van der Waals surface area (Å²) in [6.45, 7) is 12.3. The molecule has 0 aromatic carbocycles. The van der Waals surface area contributed by atoms with Gasteiger partial charge < -0.3 is 0 Å². The highest BCUT2D eigenvalue weighted by molar-refractivity contribution is 5.98. The summed E-state index contributed by atoms with van der Waals surface area (Å²) in [4.78, 5) is 8.11. The highest BCUT2D eigenvalue weighted by Crippen LogP contribution is 2.05. The van der Waals surface area contributed by atoms with Crippen LogP contribution in [-0.4, -0.2) is 19.0 Å². The molecule has 0 radical (unpaired) electrons. The molecule has 0 amide bonds. The molecule has 0 fully saturated rings. The van der Waals surface area contributed by atoms with Gasteiger partial charge in [-0.2, -0.15) is 0 Å². The van der Waals surface area contributed by atoms with Gasteiger partial charge in [0.05, 0.1) is 0 Å². The Bertz CT molecular complexity index is 200. The topological polar surface area (TPSA) is 24.7 Å². The standard InChI is InChI=1S/C9H16N2/c1-6-11-9(4)7(2)8(3)10-5/h5-6H2,1-4H3/b8-7-,11-9?. The fourth-order valence-corrected chi connectivity index (χ4v) is 0.736. The van der Waals surface area contributed by atoms with E-state index in [4.69, 9.17) is 0 Å². The summed E-state index contributed by atoms with van der Waals surface area (Å²) >= 11 is 0. The Labute approximate surface area is 68.8 Å². The van der Waals surface area contributed by atoms with E-state index in [1.807, 2.05) is 27.7 Å². The largest absolute Gasteiger partial charge is 0.290 e. The number of hydrogen-bond acceptors (Lipinski definition) is 2. The second kappa shape index (κ2) is 4.83. The Morgan fingerprint density at radius 2 is 1.82 bits per heavy atom. The van der Waals surface area contributed by atoms with E-state index in [1.165, 1.54) is 0 Å². The Morgan fingerprint density at radius 1 is 1.27 bits per heavy atom. The second-order valence-corrected chi connectivity index (χ2v) is 2.43. The van der Waals surface area contributed by atoms with E-state index in [1.54, 1.807) is 0 Å². The summed E-state index contributed by atoms with van der Waals surface area (Å²) < 4.78 is 0. The molecule has 0 atom stereocenters. The maximum atomic E-state index is 4.26. The molecule has 0 saturated carbocycles. The molecular weight excluding hydrogens is 136 g/mol. The van der Waals surface area contributed by atoms with Gasteiger partial charge in [-0.15, -0.1) is 0 Å². The van der Waals surface area contributed by atoms with Crippen LogP contribution in [-0.2, 0) is 0 Å². The summed E-state index contributed by atoms with van der Waals surface area (Å²) in [7, 11) is 0. The van der Waals surface area contributed by atoms with E-state index >= 15 is 0 Å². The number of nitrogens with zero attached hydrogens (tertiary/aromatic N) is 2. The zero-order valence-electron chi connectivity index (χ0n) is 7.81. The Kier molecular flexibility index (Phi) is 4.42. The van der Waals surface area contributed by atoms with Crippen molar-refractivity contribution >= 4 is 12.4 Å². The molecule has 0 aliphatic heterocycles. The summed E-state index contributed by atoms with van der Waals surface area (Å²) in [6.07, 6.45) is 0. The Hall–Kier alpha value is -0.920. The van der Waals surface area contributed by atoms with Crippen LogP contribution in [0.5, 0.6) is 0 Å². The van der Waals surface area contributed by atoms with Crippen molar-refractivity contribution in [1.82, 2.24) is 0 Å². The van der Waals surface area contributed by atoms with Gasteiger partial charge in [0, 0.05) is 18.0 Å². The van der Waals surface area contributed by atoms with Crippen LogP contribution in [0.1, 0.15) is 27.7 Å². The molecule has 2 nitrogen and oxygen atoms in total. The van der Waals surface area contributed by atoms with E-state index in [0.717, 1.165) is 23.5 Å². The van der Waals surface area contributed by atoms with Crippen LogP contribution in [0.3, 0.4) is 0 Å².